The number of unbranched alkanes of at least 4 members (excludes halogenated alkanes) is 24. The first kappa shape index (κ1) is 57.6. The summed E-state index contributed by atoms with van der Waals surface area (Å²) < 4.78 is 11.5. The minimum Gasteiger partial charge on any atom is -0.466 e. The van der Waals surface area contributed by atoms with Crippen LogP contribution in [0.4, 0.5) is 11.4 Å². The Kier molecular flexibility index (Phi) is 38.4. The molecule has 0 bridgehead atoms. The Balaban J connectivity index is 2.45. The first-order valence-electron chi connectivity index (χ1n) is 26.7. The predicted molar refractivity (Wildman–Crippen MR) is 265 cm³/mol. The topological polar surface area (TPSA) is 105 Å². The molecule has 0 unspecified atom stereocenters. The summed E-state index contributed by atoms with van der Waals surface area (Å²) in [5.74, 6) is -0.0478. The van der Waals surface area contributed by atoms with Crippen molar-refractivity contribution in [1.82, 2.24) is 4.90 Å². The average Bonchev–Trinajstić information content (AvgIpc) is 3.27. The molecule has 1 aromatic rings. The smallest absolute Gasteiger partial charge is 0.306 e. The molecule has 0 atom stereocenters. The minimum absolute atomic E-state index is 0.00145. The van der Waals surface area contributed by atoms with Crippen molar-refractivity contribution in [2.75, 3.05) is 56.1 Å². The predicted octanol–water partition coefficient (Wildman–Crippen LogP) is 13.6. The number of hydrogen-bond acceptors (Lipinski definition) is 9. The van der Waals surface area contributed by atoms with Gasteiger partial charge in [-0.05, 0) is 97.7 Å². The van der Waals surface area contributed by atoms with Gasteiger partial charge in [-0.2, -0.15) is 0 Å². The van der Waals surface area contributed by atoms with Crippen molar-refractivity contribution in [2.45, 2.75) is 259 Å². The van der Waals surface area contributed by atoms with Crippen molar-refractivity contribution in [3.63, 3.8) is 0 Å². The molecule has 0 heterocycles. The third-order valence-corrected chi connectivity index (χ3v) is 12.7. The molecule has 1 N–H and O–H groups in total. The summed E-state index contributed by atoms with van der Waals surface area (Å²) in [6, 6.07) is 0. The SMILES string of the molecule is CCCCCCCCCOC(=O)CCCCCCCN(CCCCCCCC(=O)OC(CCCCCCCC)CCCCCCCC)CCCNc1c(N(CC)CC)c(=O)c1=O. The van der Waals surface area contributed by atoms with E-state index in [4.69, 9.17) is 9.47 Å². The molecule has 362 valence electrons. The third kappa shape index (κ3) is 29.9. The number of esters is 2. The molecular weight excluding hydrogens is 775 g/mol. The maximum atomic E-state index is 12.9. The highest BCUT2D eigenvalue weighted by molar-refractivity contribution is 5.75. The summed E-state index contributed by atoms with van der Waals surface area (Å²) in [4.78, 5) is 54.3. The van der Waals surface area contributed by atoms with Crippen molar-refractivity contribution in [2.24, 2.45) is 0 Å². The number of ether oxygens (including phenoxy) is 2. The van der Waals surface area contributed by atoms with E-state index in [0.717, 1.165) is 116 Å². The van der Waals surface area contributed by atoms with Crippen molar-refractivity contribution in [3.8, 4) is 0 Å². The molecule has 0 fully saturated rings. The van der Waals surface area contributed by atoms with Crippen LogP contribution in [0.2, 0.25) is 0 Å². The summed E-state index contributed by atoms with van der Waals surface area (Å²) in [5, 5.41) is 3.30. The van der Waals surface area contributed by atoms with Gasteiger partial charge in [0.05, 0.1) is 6.61 Å². The fraction of sp³-hybridized carbons (Fsp3) is 0.887. The molecule has 1 aromatic carbocycles. The Morgan fingerprint density at radius 2 is 0.903 bits per heavy atom. The number of nitrogens with one attached hydrogen (secondary N) is 1. The normalized spacial score (nSPS) is 11.6. The lowest BCUT2D eigenvalue weighted by Crippen LogP contribution is -2.43. The van der Waals surface area contributed by atoms with Crippen molar-refractivity contribution in [3.05, 3.63) is 20.4 Å². The quantitative estimate of drug-likeness (QED) is 0.0389. The standard InChI is InChI=1S/C53H99N3O6/c1-6-11-14-17-20-29-36-46-61-48(57)40-32-25-21-27-34-43-55(45-37-42-54-50-51(53(60)52(50)59)56(9-4)10-5)44-35-28-22-26-33-41-49(58)62-47(38-30-23-18-15-12-7-2)39-31-24-19-16-13-8-3/h47,54H,6-46H2,1-5H3. The van der Waals surface area contributed by atoms with E-state index < -0.39 is 0 Å². The first-order chi connectivity index (χ1) is 30.3. The lowest BCUT2D eigenvalue weighted by Gasteiger charge is -2.26. The van der Waals surface area contributed by atoms with Crippen LogP contribution >= 0.6 is 0 Å². The summed E-state index contributed by atoms with van der Waals surface area (Å²) >= 11 is 0. The third-order valence-electron chi connectivity index (χ3n) is 12.7. The Bertz CT molecular complexity index is 1240. The largest absolute Gasteiger partial charge is 0.466 e. The molecule has 0 aliphatic rings. The molecule has 0 spiro atoms. The Hall–Kier alpha value is -2.42. The maximum Gasteiger partial charge on any atom is 0.306 e. The second kappa shape index (κ2) is 41.3. The van der Waals surface area contributed by atoms with Gasteiger partial charge in [0, 0.05) is 32.5 Å². The number of nitrogens with zero attached hydrogens (tertiary/aromatic N) is 2. The second-order valence-corrected chi connectivity index (χ2v) is 18.3. The number of anilines is 2. The zero-order valence-corrected chi connectivity index (χ0v) is 41.4. The summed E-state index contributed by atoms with van der Waals surface area (Å²) in [6.45, 7) is 16.4. The van der Waals surface area contributed by atoms with E-state index in [0.29, 0.717) is 50.5 Å². The molecule has 0 saturated carbocycles. The molecule has 0 aliphatic heterocycles. The van der Waals surface area contributed by atoms with Crippen LogP contribution in [-0.4, -0.2) is 68.8 Å². The van der Waals surface area contributed by atoms with Gasteiger partial charge in [-0.15, -0.1) is 0 Å². The second-order valence-electron chi connectivity index (χ2n) is 18.3. The van der Waals surface area contributed by atoms with Crippen LogP contribution in [0.3, 0.4) is 0 Å². The Labute approximate surface area is 381 Å². The Morgan fingerprint density at radius 3 is 1.40 bits per heavy atom. The van der Waals surface area contributed by atoms with Gasteiger partial charge in [-0.3, -0.25) is 19.2 Å². The monoisotopic (exact) mass is 874 g/mol. The van der Waals surface area contributed by atoms with E-state index in [-0.39, 0.29) is 28.9 Å². The molecule has 0 radical (unpaired) electrons. The van der Waals surface area contributed by atoms with Gasteiger partial charge in [-0.1, -0.05) is 162 Å². The van der Waals surface area contributed by atoms with Gasteiger partial charge in [-0.25, -0.2) is 0 Å². The van der Waals surface area contributed by atoms with E-state index in [1.807, 2.05) is 18.7 Å². The molecule has 0 amide bonds. The van der Waals surface area contributed by atoms with Gasteiger partial charge >= 0.3 is 11.9 Å². The van der Waals surface area contributed by atoms with Crippen LogP contribution in [-0.2, 0) is 19.1 Å². The molecular formula is C53H99N3O6. The fourth-order valence-electron chi connectivity index (χ4n) is 8.64. The molecule has 1 rings (SSSR count). The van der Waals surface area contributed by atoms with Gasteiger partial charge in [0.2, 0.25) is 0 Å². The number of hydrogen-bond donors (Lipinski definition) is 1. The van der Waals surface area contributed by atoms with Crippen molar-refractivity contribution in [1.29, 1.82) is 0 Å². The van der Waals surface area contributed by atoms with E-state index in [2.05, 4.69) is 31.0 Å². The van der Waals surface area contributed by atoms with Crippen molar-refractivity contribution >= 4 is 23.3 Å². The van der Waals surface area contributed by atoms with Gasteiger partial charge in [0.15, 0.2) is 0 Å². The highest BCUT2D eigenvalue weighted by Gasteiger charge is 2.24. The van der Waals surface area contributed by atoms with Crippen molar-refractivity contribution < 1.29 is 19.1 Å². The van der Waals surface area contributed by atoms with E-state index in [9.17, 15) is 19.2 Å². The zero-order chi connectivity index (χ0) is 45.3. The molecule has 9 nitrogen and oxygen atoms in total. The number of carbonyl (C=O) groups excluding carboxylic acids is 2. The van der Waals surface area contributed by atoms with Crippen LogP contribution in [0.5, 0.6) is 0 Å². The van der Waals surface area contributed by atoms with Crippen LogP contribution in [0, 0.1) is 0 Å². The maximum absolute atomic E-state index is 12.9. The number of carbonyl (C=O) groups is 2. The summed E-state index contributed by atoms with van der Waals surface area (Å²) in [6.07, 6.45) is 38.6. The lowest BCUT2D eigenvalue weighted by atomic mass is 10.0. The summed E-state index contributed by atoms with van der Waals surface area (Å²) in [7, 11) is 0. The van der Waals surface area contributed by atoms with E-state index >= 15 is 0 Å². The minimum atomic E-state index is -0.389. The van der Waals surface area contributed by atoms with Crippen LogP contribution < -0.4 is 21.1 Å². The molecule has 9 heteroatoms. The molecule has 0 saturated heterocycles. The number of rotatable bonds is 47. The molecule has 62 heavy (non-hydrogen) atoms. The van der Waals surface area contributed by atoms with Crippen LogP contribution in [0.1, 0.15) is 253 Å². The molecule has 0 aliphatic carbocycles. The zero-order valence-electron chi connectivity index (χ0n) is 41.4. The van der Waals surface area contributed by atoms with Crippen LogP contribution in [0.15, 0.2) is 9.59 Å². The highest BCUT2D eigenvalue weighted by Crippen LogP contribution is 2.21. The first-order valence-corrected chi connectivity index (χ1v) is 26.7. The Morgan fingerprint density at radius 1 is 0.484 bits per heavy atom. The van der Waals surface area contributed by atoms with Gasteiger partial charge in [0.1, 0.15) is 17.5 Å². The molecule has 0 aromatic heterocycles. The average molecular weight is 874 g/mol. The van der Waals surface area contributed by atoms with Gasteiger partial charge in [0.25, 0.3) is 10.9 Å². The van der Waals surface area contributed by atoms with E-state index in [1.165, 1.54) is 109 Å². The highest BCUT2D eigenvalue weighted by atomic mass is 16.5. The lowest BCUT2D eigenvalue weighted by molar-refractivity contribution is -0.150. The van der Waals surface area contributed by atoms with Gasteiger partial charge < -0.3 is 24.6 Å². The van der Waals surface area contributed by atoms with E-state index in [1.54, 1.807) is 0 Å². The summed E-state index contributed by atoms with van der Waals surface area (Å²) in [5.41, 5.74) is 0.278. The fourth-order valence-corrected chi connectivity index (χ4v) is 8.64. The van der Waals surface area contributed by atoms with Crippen LogP contribution in [0.25, 0.3) is 0 Å².